The molecule has 1 aromatic heterocycles. The lowest BCUT2D eigenvalue weighted by Gasteiger charge is -2.48. The van der Waals surface area contributed by atoms with Gasteiger partial charge in [0.1, 0.15) is 0 Å². The predicted octanol–water partition coefficient (Wildman–Crippen LogP) is 1.60. The van der Waals surface area contributed by atoms with Crippen LogP contribution in [0.3, 0.4) is 0 Å². The van der Waals surface area contributed by atoms with E-state index in [0.717, 1.165) is 12.6 Å². The fraction of sp³-hybridized carbons (Fsp3) is 0.667. The van der Waals surface area contributed by atoms with Gasteiger partial charge in [0.15, 0.2) is 0 Å². The molecular formula is C15H24N4. The first-order valence-electron chi connectivity index (χ1n) is 7.43. The lowest BCUT2D eigenvalue weighted by atomic mass is 9.96. The molecule has 104 valence electrons. The van der Waals surface area contributed by atoms with Gasteiger partial charge < -0.3 is 10.6 Å². The second-order valence-electron chi connectivity index (χ2n) is 5.85. The number of anilines is 1. The van der Waals surface area contributed by atoms with E-state index in [1.54, 1.807) is 0 Å². The van der Waals surface area contributed by atoms with Gasteiger partial charge in [0.2, 0.25) is 0 Å². The fourth-order valence-electron chi connectivity index (χ4n) is 3.55. The third-order valence-corrected chi connectivity index (χ3v) is 4.59. The lowest BCUT2D eigenvalue weighted by molar-refractivity contribution is 0.115. The summed E-state index contributed by atoms with van der Waals surface area (Å²) in [6.07, 6.45) is 7.88. The van der Waals surface area contributed by atoms with Crippen molar-refractivity contribution in [3.8, 4) is 0 Å². The molecule has 0 amide bonds. The largest absolute Gasteiger partial charge is 0.366 e. The van der Waals surface area contributed by atoms with Crippen LogP contribution in [0.25, 0.3) is 0 Å². The first-order valence-corrected chi connectivity index (χ1v) is 7.43. The third kappa shape index (κ3) is 2.47. The molecule has 2 unspecified atom stereocenters. The van der Waals surface area contributed by atoms with E-state index >= 15 is 0 Å². The van der Waals surface area contributed by atoms with Crippen molar-refractivity contribution in [3.05, 3.63) is 24.0 Å². The van der Waals surface area contributed by atoms with Gasteiger partial charge in [-0.05, 0) is 32.4 Å². The number of piperazine rings is 1. The molecule has 2 fully saturated rings. The van der Waals surface area contributed by atoms with Crippen molar-refractivity contribution < 1.29 is 0 Å². The van der Waals surface area contributed by atoms with Gasteiger partial charge in [-0.1, -0.05) is 6.42 Å². The normalized spacial score (nSPS) is 28.2. The average molecular weight is 260 g/mol. The topological polar surface area (TPSA) is 45.4 Å². The van der Waals surface area contributed by atoms with Crippen LogP contribution in [0.5, 0.6) is 0 Å². The van der Waals surface area contributed by atoms with Crippen LogP contribution >= 0.6 is 0 Å². The van der Waals surface area contributed by atoms with Crippen LogP contribution in [-0.4, -0.2) is 41.6 Å². The summed E-state index contributed by atoms with van der Waals surface area (Å²) in [6.45, 7) is 6.49. The molecular weight excluding hydrogens is 236 g/mol. The lowest BCUT2D eigenvalue weighted by Crippen LogP contribution is -2.59. The van der Waals surface area contributed by atoms with Crippen molar-refractivity contribution in [2.24, 2.45) is 5.73 Å². The number of nitrogens with two attached hydrogens (primary N) is 1. The Balaban J connectivity index is 1.83. The molecule has 2 saturated heterocycles. The predicted molar refractivity (Wildman–Crippen MR) is 78.1 cm³/mol. The highest BCUT2D eigenvalue weighted by Crippen LogP contribution is 2.29. The van der Waals surface area contributed by atoms with Crippen LogP contribution in [0, 0.1) is 0 Å². The number of pyridine rings is 1. The summed E-state index contributed by atoms with van der Waals surface area (Å²) in [5, 5.41) is 0. The Bertz CT molecular complexity index is 434. The van der Waals surface area contributed by atoms with Crippen LogP contribution in [0.4, 0.5) is 5.69 Å². The number of piperidine rings is 1. The molecule has 2 aliphatic rings. The summed E-state index contributed by atoms with van der Waals surface area (Å²) in [7, 11) is 0. The zero-order valence-corrected chi connectivity index (χ0v) is 11.8. The SMILES string of the molecule is CC1CN2CCCCC2CN1c1ccncc1CN. The molecule has 2 N–H and O–H groups in total. The van der Waals surface area contributed by atoms with Crippen molar-refractivity contribution in [1.82, 2.24) is 9.88 Å². The summed E-state index contributed by atoms with van der Waals surface area (Å²) < 4.78 is 0. The maximum Gasteiger partial charge on any atom is 0.0446 e. The minimum atomic E-state index is 0.557. The van der Waals surface area contributed by atoms with E-state index in [2.05, 4.69) is 27.8 Å². The second kappa shape index (κ2) is 5.47. The second-order valence-corrected chi connectivity index (χ2v) is 5.85. The summed E-state index contributed by atoms with van der Waals surface area (Å²) in [5.74, 6) is 0. The van der Waals surface area contributed by atoms with Gasteiger partial charge in [-0.15, -0.1) is 0 Å². The van der Waals surface area contributed by atoms with Crippen molar-refractivity contribution in [1.29, 1.82) is 0 Å². The molecule has 4 heteroatoms. The van der Waals surface area contributed by atoms with Crippen LogP contribution in [0.2, 0.25) is 0 Å². The molecule has 19 heavy (non-hydrogen) atoms. The van der Waals surface area contributed by atoms with E-state index in [0.29, 0.717) is 12.6 Å². The van der Waals surface area contributed by atoms with Gasteiger partial charge in [0.25, 0.3) is 0 Å². The molecule has 0 saturated carbocycles. The van der Waals surface area contributed by atoms with E-state index in [1.807, 2.05) is 12.4 Å². The number of hydrogen-bond acceptors (Lipinski definition) is 4. The number of rotatable bonds is 2. The monoisotopic (exact) mass is 260 g/mol. The van der Waals surface area contributed by atoms with Gasteiger partial charge >= 0.3 is 0 Å². The first-order chi connectivity index (χ1) is 9.29. The molecule has 0 bridgehead atoms. The number of aromatic nitrogens is 1. The maximum absolute atomic E-state index is 5.86. The Kier molecular flexibility index (Phi) is 3.71. The summed E-state index contributed by atoms with van der Waals surface area (Å²) >= 11 is 0. The van der Waals surface area contributed by atoms with E-state index in [9.17, 15) is 0 Å². The molecule has 4 nitrogen and oxygen atoms in total. The molecule has 3 heterocycles. The Hall–Kier alpha value is -1.13. The summed E-state index contributed by atoms with van der Waals surface area (Å²) in [6, 6.07) is 3.41. The van der Waals surface area contributed by atoms with Gasteiger partial charge in [-0.25, -0.2) is 0 Å². The van der Waals surface area contributed by atoms with Crippen LogP contribution in [0.1, 0.15) is 31.7 Å². The van der Waals surface area contributed by atoms with E-state index in [4.69, 9.17) is 5.73 Å². The van der Waals surface area contributed by atoms with E-state index < -0.39 is 0 Å². The number of fused-ring (bicyclic) bond motifs is 1. The molecule has 3 rings (SSSR count). The quantitative estimate of drug-likeness (QED) is 0.877. The van der Waals surface area contributed by atoms with Crippen LogP contribution in [0.15, 0.2) is 18.5 Å². The molecule has 0 spiro atoms. The van der Waals surface area contributed by atoms with Crippen molar-refractivity contribution in [2.45, 2.75) is 44.8 Å². The van der Waals surface area contributed by atoms with Crippen molar-refractivity contribution >= 4 is 5.69 Å². The van der Waals surface area contributed by atoms with E-state index in [-0.39, 0.29) is 0 Å². The first kappa shape index (κ1) is 12.9. The smallest absolute Gasteiger partial charge is 0.0446 e. The van der Waals surface area contributed by atoms with Gasteiger partial charge in [-0.3, -0.25) is 9.88 Å². The van der Waals surface area contributed by atoms with Gasteiger partial charge in [-0.2, -0.15) is 0 Å². The molecule has 2 atom stereocenters. The third-order valence-electron chi connectivity index (χ3n) is 4.59. The highest BCUT2D eigenvalue weighted by atomic mass is 15.3. The molecule has 0 radical (unpaired) electrons. The molecule has 1 aromatic rings. The summed E-state index contributed by atoms with van der Waals surface area (Å²) in [5.41, 5.74) is 8.31. The zero-order valence-electron chi connectivity index (χ0n) is 11.8. The zero-order chi connectivity index (χ0) is 13.2. The standard InChI is InChI=1S/C15H24N4/c1-12-10-18-7-3-2-4-14(18)11-19(12)15-5-6-17-9-13(15)8-16/h5-6,9,12,14H,2-4,7-8,10-11,16H2,1H3. The van der Waals surface area contributed by atoms with Crippen LogP contribution < -0.4 is 10.6 Å². The minimum Gasteiger partial charge on any atom is -0.366 e. The molecule has 0 aromatic carbocycles. The van der Waals surface area contributed by atoms with E-state index in [1.165, 1.54) is 43.6 Å². The average Bonchev–Trinajstić information content (AvgIpc) is 2.46. The highest BCUT2D eigenvalue weighted by Gasteiger charge is 2.33. The Morgan fingerprint density at radius 3 is 3.11 bits per heavy atom. The van der Waals surface area contributed by atoms with Gasteiger partial charge in [0.05, 0.1) is 0 Å². The Morgan fingerprint density at radius 2 is 2.26 bits per heavy atom. The van der Waals surface area contributed by atoms with Crippen molar-refractivity contribution in [3.63, 3.8) is 0 Å². The fourth-order valence-corrected chi connectivity index (χ4v) is 3.55. The molecule has 2 aliphatic heterocycles. The summed E-state index contributed by atoms with van der Waals surface area (Å²) in [4.78, 5) is 9.41. The minimum absolute atomic E-state index is 0.557. The maximum atomic E-state index is 5.86. The Labute approximate surface area is 115 Å². The molecule has 0 aliphatic carbocycles. The number of nitrogens with zero attached hydrogens (tertiary/aromatic N) is 3. The Morgan fingerprint density at radius 1 is 1.37 bits per heavy atom. The van der Waals surface area contributed by atoms with Crippen molar-refractivity contribution in [2.75, 3.05) is 24.5 Å². The highest BCUT2D eigenvalue weighted by molar-refractivity contribution is 5.53. The van der Waals surface area contributed by atoms with Gasteiger partial charge in [0, 0.05) is 55.4 Å². The van der Waals surface area contributed by atoms with Crippen LogP contribution in [-0.2, 0) is 6.54 Å². The number of hydrogen-bond donors (Lipinski definition) is 1.